The smallest absolute Gasteiger partial charge is 0.328 e. The molecule has 58 heavy (non-hydrogen) atoms. The summed E-state index contributed by atoms with van der Waals surface area (Å²) in [7, 11) is 0. The van der Waals surface area contributed by atoms with Gasteiger partial charge >= 0.3 is 29.8 Å². The second kappa shape index (κ2) is 21.8. The summed E-state index contributed by atoms with van der Waals surface area (Å²) in [5, 5.41) is 68.6. The maximum Gasteiger partial charge on any atom is 0.328 e. The van der Waals surface area contributed by atoms with Gasteiger partial charge < -0.3 is 73.3 Å². The zero-order valence-electron chi connectivity index (χ0n) is 30.4. The Morgan fingerprint density at radius 1 is 0.552 bits per heavy atom. The highest BCUT2D eigenvalue weighted by Crippen LogP contribution is 2.19. The second-order valence-corrected chi connectivity index (χ2v) is 12.6. The maximum atomic E-state index is 13.9. The Morgan fingerprint density at radius 2 is 0.897 bits per heavy atom. The number of carbonyl (C=O) groups excluding carboxylic acids is 6. The van der Waals surface area contributed by atoms with Crippen molar-refractivity contribution in [3.05, 3.63) is 36.0 Å². The average Bonchev–Trinajstić information content (AvgIpc) is 3.53. The average molecular weight is 823 g/mol. The van der Waals surface area contributed by atoms with Crippen LogP contribution < -0.4 is 37.6 Å². The van der Waals surface area contributed by atoms with Crippen LogP contribution in [0.1, 0.15) is 38.2 Å². The first-order valence-corrected chi connectivity index (χ1v) is 17.0. The third-order valence-electron chi connectivity index (χ3n) is 7.99. The number of aliphatic hydroxyl groups is 1. The predicted molar refractivity (Wildman–Crippen MR) is 191 cm³/mol. The number of nitrogens with two attached hydrogens (primary N) is 1. The number of nitrogens with one attached hydrogen (secondary N) is 7. The normalized spacial score (nSPS) is 14.5. The lowest BCUT2D eigenvalue weighted by Gasteiger charge is -2.26. The molecule has 25 nitrogen and oxygen atoms in total. The summed E-state index contributed by atoms with van der Waals surface area (Å²) in [6.45, 7) is 0.0796. The van der Waals surface area contributed by atoms with Gasteiger partial charge in [-0.25, -0.2) is 4.79 Å². The Kier molecular flexibility index (Phi) is 17.7. The van der Waals surface area contributed by atoms with Crippen LogP contribution >= 0.6 is 0 Å². The molecule has 0 bridgehead atoms. The fourth-order valence-corrected chi connectivity index (χ4v) is 5.12. The van der Waals surface area contributed by atoms with Crippen molar-refractivity contribution in [3.63, 3.8) is 0 Å². The number of aromatic nitrogens is 1. The van der Waals surface area contributed by atoms with Gasteiger partial charge in [-0.15, -0.1) is 0 Å². The molecule has 15 N–H and O–H groups in total. The first-order valence-electron chi connectivity index (χ1n) is 17.0. The number of fused-ring (bicyclic) bond motifs is 1. The van der Waals surface area contributed by atoms with Gasteiger partial charge in [0.05, 0.1) is 38.3 Å². The quantitative estimate of drug-likeness (QED) is 0.0471. The van der Waals surface area contributed by atoms with Crippen molar-refractivity contribution in [2.45, 2.75) is 81.3 Å². The number of H-pyrrole nitrogens is 1. The molecule has 7 atom stereocenters. The van der Waals surface area contributed by atoms with E-state index in [4.69, 9.17) is 10.8 Å². The van der Waals surface area contributed by atoms with E-state index < -0.39 is 146 Å². The summed E-state index contributed by atoms with van der Waals surface area (Å²) >= 11 is 0. The van der Waals surface area contributed by atoms with Crippen molar-refractivity contribution in [2.24, 2.45) is 5.73 Å². The lowest BCUT2D eigenvalue weighted by Crippen LogP contribution is -2.60. The van der Waals surface area contributed by atoms with E-state index in [1.54, 1.807) is 29.6 Å². The van der Waals surface area contributed by atoms with E-state index in [0.29, 0.717) is 16.5 Å². The molecule has 0 saturated carbocycles. The SMILES string of the molecule is C[C@H](N)C(=O)N[C@@H](CC(=O)O)C(=O)N[C@@H](CC(=O)O)C(=O)N[C@@H](Cc1c[nH]c2ccccc12)C(=O)N[C@@H](CC(=O)O)C(=O)N[C@@H](CC(=O)O)C(=O)N[C@@H](CO)C(=O)O. The van der Waals surface area contributed by atoms with E-state index >= 15 is 0 Å². The summed E-state index contributed by atoms with van der Waals surface area (Å²) in [5.74, 6) is -16.2. The van der Waals surface area contributed by atoms with Crippen LogP contribution in [0.3, 0.4) is 0 Å². The van der Waals surface area contributed by atoms with Crippen LogP contribution in [0.4, 0.5) is 0 Å². The molecular weight excluding hydrogens is 780 g/mol. The predicted octanol–water partition coefficient (Wildman–Crippen LogP) is -5.06. The van der Waals surface area contributed by atoms with E-state index in [-0.39, 0.29) is 0 Å². The number of benzene rings is 1. The van der Waals surface area contributed by atoms with E-state index in [1.807, 2.05) is 10.6 Å². The number of aliphatic hydroxyl groups excluding tert-OH is 1. The lowest BCUT2D eigenvalue weighted by atomic mass is 10.0. The molecule has 0 spiro atoms. The number of carboxylic acid groups (broad SMARTS) is 5. The van der Waals surface area contributed by atoms with Crippen molar-refractivity contribution < 1.29 is 83.4 Å². The van der Waals surface area contributed by atoms with Gasteiger partial charge in [0.15, 0.2) is 0 Å². The van der Waals surface area contributed by atoms with E-state index in [0.717, 1.165) is 0 Å². The number of carboxylic acids is 5. The Hall–Kier alpha value is -7.15. The molecule has 0 saturated heterocycles. The highest BCUT2D eigenvalue weighted by Gasteiger charge is 2.36. The van der Waals surface area contributed by atoms with E-state index in [1.165, 1.54) is 13.1 Å². The van der Waals surface area contributed by atoms with Crippen LogP contribution in [0.5, 0.6) is 0 Å². The molecule has 2 aromatic rings. The van der Waals surface area contributed by atoms with Crippen molar-refractivity contribution in [1.82, 2.24) is 36.9 Å². The van der Waals surface area contributed by atoms with Crippen molar-refractivity contribution in [2.75, 3.05) is 6.61 Å². The molecule has 0 fully saturated rings. The van der Waals surface area contributed by atoms with Gasteiger partial charge in [0, 0.05) is 23.5 Å². The highest BCUT2D eigenvalue weighted by atomic mass is 16.4. The molecule has 0 unspecified atom stereocenters. The summed E-state index contributed by atoms with van der Waals surface area (Å²) in [4.78, 5) is 139. The maximum absolute atomic E-state index is 13.9. The first-order chi connectivity index (χ1) is 27.1. The number of carbonyl (C=O) groups is 11. The van der Waals surface area contributed by atoms with Gasteiger partial charge in [0.2, 0.25) is 35.4 Å². The molecule has 25 heteroatoms. The minimum absolute atomic E-state index is 0.337. The van der Waals surface area contributed by atoms with Crippen LogP contribution in [0, 0.1) is 0 Å². The number of rotatable bonds is 24. The zero-order chi connectivity index (χ0) is 43.9. The van der Waals surface area contributed by atoms with Crippen molar-refractivity contribution in [3.8, 4) is 0 Å². The standard InChI is InChI=1S/C33H42N8O17/c1-13(34)27(51)36-18(7-23(43)44)29(53)39-19(8-24(45)46)30(54)37-17(6-14-11-35-16-5-3-2-4-15(14)16)28(52)38-20(9-25(47)48)31(55)40-21(10-26(49)50)32(56)41-22(12-42)33(57)58/h2-5,11,13,17-22,35,42H,6-10,12,34H2,1H3,(H,36,51)(H,37,54)(H,38,52)(H,39,53)(H,40,55)(H,41,56)(H,43,44)(H,45,46)(H,47,48)(H,49,50)(H,57,58)/t13-,17-,18-,19-,20-,21-,22-/m0/s1. The van der Waals surface area contributed by atoms with Gasteiger partial charge in [-0.3, -0.25) is 47.9 Å². The number of amides is 6. The molecular formula is C33H42N8O17. The molecule has 0 aliphatic carbocycles. The Labute approximate surface area is 326 Å². The Balaban J connectivity index is 2.50. The minimum atomic E-state index is -2.12. The number of aromatic amines is 1. The summed E-state index contributed by atoms with van der Waals surface area (Å²) in [6, 6.07) is -6.51. The molecule has 316 valence electrons. The van der Waals surface area contributed by atoms with Crippen LogP contribution in [0.25, 0.3) is 10.9 Å². The van der Waals surface area contributed by atoms with Crippen LogP contribution in [-0.2, 0) is 59.2 Å². The number of hydrogen-bond donors (Lipinski definition) is 14. The van der Waals surface area contributed by atoms with Crippen LogP contribution in [0.2, 0.25) is 0 Å². The van der Waals surface area contributed by atoms with Gasteiger partial charge in [-0.2, -0.15) is 0 Å². The van der Waals surface area contributed by atoms with Crippen molar-refractivity contribution in [1.29, 1.82) is 0 Å². The van der Waals surface area contributed by atoms with E-state index in [9.17, 15) is 78.3 Å². The third kappa shape index (κ3) is 14.8. The van der Waals surface area contributed by atoms with Crippen LogP contribution in [0.15, 0.2) is 30.5 Å². The molecule has 2 rings (SSSR count). The first kappa shape index (κ1) is 47.0. The summed E-state index contributed by atoms with van der Waals surface area (Å²) in [5.41, 5.74) is 6.36. The van der Waals surface area contributed by atoms with Gasteiger partial charge in [-0.05, 0) is 18.6 Å². The topological polar surface area (TPSA) is 423 Å². The van der Waals surface area contributed by atoms with Gasteiger partial charge in [0.1, 0.15) is 36.3 Å². The molecule has 0 aliphatic rings. The zero-order valence-corrected chi connectivity index (χ0v) is 30.4. The Morgan fingerprint density at radius 3 is 1.26 bits per heavy atom. The molecule has 1 aromatic carbocycles. The molecule has 1 aromatic heterocycles. The monoisotopic (exact) mass is 822 g/mol. The van der Waals surface area contributed by atoms with Gasteiger partial charge in [-0.1, -0.05) is 18.2 Å². The number of para-hydroxylation sites is 1. The second-order valence-electron chi connectivity index (χ2n) is 12.6. The molecule has 0 aliphatic heterocycles. The van der Waals surface area contributed by atoms with Crippen LogP contribution in [-0.4, -0.2) is 150 Å². The fraction of sp³-hybridized carbons (Fsp3) is 0.424. The van der Waals surface area contributed by atoms with Gasteiger partial charge in [0.25, 0.3) is 0 Å². The number of hydrogen-bond acceptors (Lipinski definition) is 13. The number of aliphatic carboxylic acids is 5. The summed E-state index contributed by atoms with van der Waals surface area (Å²) < 4.78 is 0. The third-order valence-corrected chi connectivity index (χ3v) is 7.99. The molecule has 6 amide bonds. The summed E-state index contributed by atoms with van der Waals surface area (Å²) in [6.07, 6.45) is -3.60. The fourth-order valence-electron chi connectivity index (χ4n) is 5.12. The molecule has 0 radical (unpaired) electrons. The largest absolute Gasteiger partial charge is 0.481 e. The minimum Gasteiger partial charge on any atom is -0.481 e. The van der Waals surface area contributed by atoms with E-state index in [2.05, 4.69) is 20.9 Å². The van der Waals surface area contributed by atoms with Crippen molar-refractivity contribution >= 4 is 76.2 Å². The highest BCUT2D eigenvalue weighted by molar-refractivity contribution is 6.00. The molecule has 1 heterocycles. The Bertz CT molecular complexity index is 1910. The lowest BCUT2D eigenvalue weighted by molar-refractivity contribution is -0.145.